The quantitative estimate of drug-likeness (QED) is 0.137. The van der Waals surface area contributed by atoms with Crippen LogP contribution in [0.25, 0.3) is 0 Å². The second kappa shape index (κ2) is 17.2. The molecule has 11 heteroatoms. The molecule has 0 fully saturated rings. The maximum Gasteiger partial charge on any atom is 0.334 e. The smallest absolute Gasteiger partial charge is 0.334 e. The molecule has 1 atom stereocenters. The number of unbranched alkanes of at least 4 members (excludes halogenated alkanes) is 6. The fraction of sp³-hybridized carbons (Fsp3) is 0.700. The molecule has 0 spiro atoms. The molecular weight excluding hydrogens is 446 g/mol. The maximum atomic E-state index is 11.4. The molecule has 0 aliphatic rings. The van der Waals surface area contributed by atoms with E-state index in [0.29, 0.717) is 12.0 Å². The van der Waals surface area contributed by atoms with Crippen LogP contribution in [0.1, 0.15) is 63.9 Å². The summed E-state index contributed by atoms with van der Waals surface area (Å²) in [4.78, 5) is 31.3. The van der Waals surface area contributed by atoms with Crippen molar-refractivity contribution in [2.45, 2.75) is 63.9 Å². The minimum atomic E-state index is -2.61. The Morgan fingerprint density at radius 1 is 0.742 bits per heavy atom. The average molecular weight is 484 g/mol. The third-order valence-corrected chi connectivity index (χ3v) is 6.49. The van der Waals surface area contributed by atoms with Gasteiger partial charge in [-0.1, -0.05) is 82.2 Å². The van der Waals surface area contributed by atoms with Gasteiger partial charge in [0, 0.05) is 0 Å². The number of aliphatic hydroxyl groups excluding tert-OH is 3. The highest BCUT2D eigenvalue weighted by Gasteiger charge is 2.50. The van der Waals surface area contributed by atoms with Crippen molar-refractivity contribution in [3.63, 3.8) is 0 Å². The lowest BCUT2D eigenvalue weighted by molar-refractivity contribution is -0.164. The van der Waals surface area contributed by atoms with E-state index in [-0.39, 0.29) is 0 Å². The fourth-order valence-corrected chi connectivity index (χ4v) is 3.90. The monoisotopic (exact) mass is 484 g/mol. The first-order chi connectivity index (χ1) is 14.7. The summed E-state index contributed by atoms with van der Waals surface area (Å²) in [5.41, 5.74) is -2.17. The zero-order valence-corrected chi connectivity index (χ0v) is 19.8. The molecule has 1 unspecified atom stereocenters. The van der Waals surface area contributed by atoms with Crippen LogP contribution in [-0.4, -0.2) is 59.8 Å². The molecule has 8 N–H and O–H groups in total. The molecular formula is C20H38O9P2. The van der Waals surface area contributed by atoms with E-state index in [1.54, 1.807) is 12.1 Å². The normalized spacial score (nSPS) is 13.8. The summed E-state index contributed by atoms with van der Waals surface area (Å²) >= 11 is 0. The summed E-state index contributed by atoms with van der Waals surface area (Å²) in [6.07, 6.45) is 8.24. The predicted octanol–water partition coefficient (Wildman–Crippen LogP) is 2.40. The van der Waals surface area contributed by atoms with Gasteiger partial charge in [-0.05, 0) is 12.0 Å². The van der Waals surface area contributed by atoms with Crippen molar-refractivity contribution in [2.24, 2.45) is 5.41 Å². The third kappa shape index (κ3) is 10.9. The number of hydrogen-bond acceptors (Lipinski definition) is 9. The average Bonchev–Trinajstić information content (AvgIpc) is 2.75. The summed E-state index contributed by atoms with van der Waals surface area (Å²) < 4.78 is 3.60. The summed E-state index contributed by atoms with van der Waals surface area (Å²) in [5, 5.41) is 40.7. The van der Waals surface area contributed by atoms with E-state index in [2.05, 4.69) is 11.2 Å². The Kier molecular flexibility index (Phi) is 17.1. The molecule has 0 bridgehead atoms. The first-order valence-electron chi connectivity index (χ1n) is 10.4. The molecule has 1 rings (SSSR count). The summed E-state index contributed by atoms with van der Waals surface area (Å²) in [6.45, 7) is 0.782. The van der Waals surface area contributed by atoms with E-state index >= 15 is 0 Å². The molecule has 182 valence electrons. The molecule has 0 amide bonds. The number of hydrogen-bond donors (Lipinski definition) is 8. The lowest BCUT2D eigenvalue weighted by Gasteiger charge is -2.45. The fourth-order valence-electron chi connectivity index (χ4n) is 3.38. The summed E-state index contributed by atoms with van der Waals surface area (Å²) in [6, 6.07) is 9.08. The van der Waals surface area contributed by atoms with Gasteiger partial charge < -0.3 is 40.0 Å². The summed E-state index contributed by atoms with van der Waals surface area (Å²) in [7, 11) is -5.22. The van der Waals surface area contributed by atoms with E-state index in [1.165, 1.54) is 25.7 Å². The number of benzene rings is 1. The van der Waals surface area contributed by atoms with Crippen LogP contribution in [0.15, 0.2) is 30.3 Å². The van der Waals surface area contributed by atoms with Gasteiger partial charge in [0.25, 0.3) is 0 Å². The molecule has 9 nitrogen and oxygen atoms in total. The van der Waals surface area contributed by atoms with Crippen LogP contribution in [0.5, 0.6) is 0 Å². The van der Waals surface area contributed by atoms with Crippen LogP contribution in [0.2, 0.25) is 0 Å². The van der Waals surface area contributed by atoms with Crippen LogP contribution in [0, 0.1) is 5.41 Å². The molecule has 1 aromatic carbocycles. The second-order valence-electron chi connectivity index (χ2n) is 7.44. The Labute approximate surface area is 187 Å². The Morgan fingerprint density at radius 3 is 1.58 bits per heavy atom. The van der Waals surface area contributed by atoms with E-state index < -0.39 is 48.0 Å². The largest absolute Gasteiger partial charge is 0.395 e. The van der Waals surface area contributed by atoms with Crippen LogP contribution in [0.4, 0.5) is 0 Å². The minimum absolute atomic E-state index is 0.409. The van der Waals surface area contributed by atoms with Crippen LogP contribution in [-0.2, 0) is 9.91 Å². The molecule has 0 aliphatic heterocycles. The van der Waals surface area contributed by atoms with Gasteiger partial charge in [-0.2, -0.15) is 0 Å². The van der Waals surface area contributed by atoms with Gasteiger partial charge in [0.15, 0.2) is 0 Å². The van der Waals surface area contributed by atoms with E-state index in [1.807, 2.05) is 18.2 Å². The number of rotatable bonds is 15. The Hall–Kier alpha value is -0.280. The van der Waals surface area contributed by atoms with Crippen molar-refractivity contribution in [2.75, 3.05) is 19.8 Å². The van der Waals surface area contributed by atoms with Crippen LogP contribution < -0.4 is 0 Å². The van der Waals surface area contributed by atoms with E-state index in [0.717, 1.165) is 19.3 Å². The van der Waals surface area contributed by atoms with Gasteiger partial charge in [-0.25, -0.2) is 4.31 Å². The van der Waals surface area contributed by atoms with Crippen molar-refractivity contribution in [3.05, 3.63) is 35.9 Å². The van der Waals surface area contributed by atoms with Gasteiger partial charge in [0.1, 0.15) is 5.60 Å². The van der Waals surface area contributed by atoms with Crippen molar-refractivity contribution < 1.29 is 44.3 Å². The molecule has 0 aliphatic carbocycles. The van der Waals surface area contributed by atoms with E-state index in [4.69, 9.17) is 19.6 Å². The predicted molar refractivity (Wildman–Crippen MR) is 120 cm³/mol. The van der Waals surface area contributed by atoms with E-state index in [9.17, 15) is 20.4 Å². The molecule has 0 aromatic heterocycles. The highest BCUT2D eigenvalue weighted by Crippen LogP contribution is 2.43. The maximum absolute atomic E-state index is 11.4. The third-order valence-electron chi connectivity index (χ3n) is 5.32. The first-order valence-corrected chi connectivity index (χ1v) is 12.7. The Bertz CT molecular complexity index is 530. The molecule has 0 radical (unpaired) electrons. The molecule has 0 saturated heterocycles. The second-order valence-corrected chi connectivity index (χ2v) is 9.10. The van der Waals surface area contributed by atoms with Crippen LogP contribution in [0.3, 0.4) is 0 Å². The van der Waals surface area contributed by atoms with Crippen molar-refractivity contribution in [3.8, 4) is 0 Å². The topological polar surface area (TPSA) is 171 Å². The van der Waals surface area contributed by atoms with Gasteiger partial charge >= 0.3 is 17.2 Å². The van der Waals surface area contributed by atoms with Gasteiger partial charge in [-0.3, -0.25) is 0 Å². The molecule has 31 heavy (non-hydrogen) atoms. The Balaban J connectivity index is 0.00000110. The van der Waals surface area contributed by atoms with Crippen molar-refractivity contribution in [1.29, 1.82) is 0 Å². The molecule has 0 heterocycles. The highest BCUT2D eigenvalue weighted by atomic mass is 31.2. The first kappa shape index (κ1) is 30.7. The zero-order valence-electron chi connectivity index (χ0n) is 18.0. The molecule has 1 aromatic rings. The van der Waals surface area contributed by atoms with Gasteiger partial charge in [-0.15, -0.1) is 0 Å². The summed E-state index contributed by atoms with van der Waals surface area (Å²) in [5.74, 6) is 0. The standard InChI is InChI=1S/C20H34O4.H4O5P2/c1-2-3-4-5-6-7-11-14-20(24,18-12-9-8-10-13-18)19(15-21,16-22)17-23;1-6(2)5-7(3)4/h8-10,12-13,21-24H,2-7,11,14-17H2,1H3;1-4H. The molecule has 0 saturated carbocycles. The lowest BCUT2D eigenvalue weighted by Crippen LogP contribution is -2.53. The Morgan fingerprint density at radius 2 is 1.19 bits per heavy atom. The minimum Gasteiger partial charge on any atom is -0.395 e. The van der Waals surface area contributed by atoms with Crippen molar-refractivity contribution in [1.82, 2.24) is 0 Å². The van der Waals surface area contributed by atoms with Crippen molar-refractivity contribution >= 4 is 17.2 Å². The lowest BCUT2D eigenvalue weighted by atomic mass is 9.67. The van der Waals surface area contributed by atoms with Gasteiger partial charge in [0.05, 0.1) is 25.2 Å². The van der Waals surface area contributed by atoms with Gasteiger partial charge in [0.2, 0.25) is 0 Å². The highest BCUT2D eigenvalue weighted by molar-refractivity contribution is 7.53. The zero-order chi connectivity index (χ0) is 23.8. The van der Waals surface area contributed by atoms with Crippen LogP contribution >= 0.6 is 17.2 Å². The number of aliphatic hydroxyl groups is 4. The SMILES string of the molecule is CCCCCCCCCC(O)(c1ccccc1)C(CO)(CO)CO.OP(O)OP(O)O.